The number of nitro benzene ring substituents is 1. The van der Waals surface area contributed by atoms with Crippen molar-refractivity contribution in [3.63, 3.8) is 0 Å². The Morgan fingerprint density at radius 3 is 2.21 bits per heavy atom. The largest absolute Gasteiger partial charge is 0.451 e. The van der Waals surface area contributed by atoms with Crippen molar-refractivity contribution < 1.29 is 32.8 Å². The van der Waals surface area contributed by atoms with Gasteiger partial charge in [-0.15, -0.1) is 0 Å². The topological polar surface area (TPSA) is 95.7 Å². The lowest BCUT2D eigenvalue weighted by molar-refractivity contribution is -0.384. The van der Waals surface area contributed by atoms with Gasteiger partial charge in [0.25, 0.3) is 5.69 Å². The third-order valence-corrected chi connectivity index (χ3v) is 3.54. The number of ketones is 1. The molecule has 0 saturated carbocycles. The average molecular weight is 391 g/mol. The maximum absolute atomic E-state index is 12.2. The molecule has 2 aromatic carbocycles. The lowest BCUT2D eigenvalue weighted by Crippen LogP contribution is -2.23. The fourth-order valence-corrected chi connectivity index (χ4v) is 2.17. The number of ether oxygens (including phenoxy) is 2. The van der Waals surface area contributed by atoms with Crippen LogP contribution in [-0.4, -0.2) is 29.4 Å². The summed E-state index contributed by atoms with van der Waals surface area (Å²) in [5, 5.41) is 10.6. The molecular weight excluding hydrogens is 376 g/mol. The van der Waals surface area contributed by atoms with E-state index in [4.69, 9.17) is 4.74 Å². The number of rotatable bonds is 8. The number of alkyl halides is 2. The molecule has 0 unspecified atom stereocenters. The van der Waals surface area contributed by atoms with Crippen molar-refractivity contribution >= 4 is 23.5 Å². The van der Waals surface area contributed by atoms with Gasteiger partial charge < -0.3 is 9.47 Å². The van der Waals surface area contributed by atoms with Crippen LogP contribution in [0.2, 0.25) is 0 Å². The molecule has 9 heteroatoms. The highest BCUT2D eigenvalue weighted by Crippen LogP contribution is 2.17. The van der Waals surface area contributed by atoms with Crippen LogP contribution in [0.3, 0.4) is 0 Å². The molecule has 146 valence electrons. The maximum atomic E-state index is 12.2. The lowest BCUT2D eigenvalue weighted by atomic mass is 10.1. The SMILES string of the molecule is C[C@H](OC(=O)/C=C/c1ccc([N+](=O)[O-])cc1)C(=O)c1ccc(OC(F)F)cc1. The number of Topliss-reactive ketones (excluding diaryl/α,β-unsaturated/α-hetero) is 1. The lowest BCUT2D eigenvalue weighted by Gasteiger charge is -2.11. The first kappa shape index (κ1) is 20.7. The number of hydrogen-bond donors (Lipinski definition) is 0. The second-order valence-corrected chi connectivity index (χ2v) is 5.53. The Hall–Kier alpha value is -3.62. The number of nitrogens with zero attached hydrogens (tertiary/aromatic N) is 1. The fraction of sp³-hybridized carbons (Fsp3) is 0.158. The Labute approximate surface area is 158 Å². The van der Waals surface area contributed by atoms with Gasteiger partial charge in [-0.1, -0.05) is 0 Å². The van der Waals surface area contributed by atoms with Crippen LogP contribution >= 0.6 is 0 Å². The van der Waals surface area contributed by atoms with E-state index < -0.39 is 29.4 Å². The third-order valence-electron chi connectivity index (χ3n) is 3.54. The first-order valence-electron chi connectivity index (χ1n) is 7.98. The molecule has 0 N–H and O–H groups in total. The fourth-order valence-electron chi connectivity index (χ4n) is 2.17. The van der Waals surface area contributed by atoms with E-state index in [9.17, 15) is 28.5 Å². The molecule has 0 spiro atoms. The summed E-state index contributed by atoms with van der Waals surface area (Å²) in [7, 11) is 0. The van der Waals surface area contributed by atoms with Gasteiger partial charge in [0.2, 0.25) is 5.78 Å². The van der Waals surface area contributed by atoms with Gasteiger partial charge in [0, 0.05) is 23.8 Å². The summed E-state index contributed by atoms with van der Waals surface area (Å²) in [6, 6.07) is 10.5. The number of nitro groups is 1. The van der Waals surface area contributed by atoms with Gasteiger partial charge in [0.1, 0.15) is 5.75 Å². The van der Waals surface area contributed by atoms with Crippen LogP contribution in [0.4, 0.5) is 14.5 Å². The summed E-state index contributed by atoms with van der Waals surface area (Å²) in [6.07, 6.45) is 1.38. The van der Waals surface area contributed by atoms with Crippen LogP contribution in [0.25, 0.3) is 6.08 Å². The normalized spacial score (nSPS) is 12.0. The summed E-state index contributed by atoms with van der Waals surface area (Å²) in [5.41, 5.74) is 0.626. The molecule has 0 heterocycles. The summed E-state index contributed by atoms with van der Waals surface area (Å²) in [4.78, 5) is 34.1. The van der Waals surface area contributed by atoms with Crippen molar-refractivity contribution in [3.05, 3.63) is 75.8 Å². The molecule has 0 amide bonds. The molecule has 0 radical (unpaired) electrons. The Bertz CT molecular complexity index is 878. The van der Waals surface area contributed by atoms with Crippen LogP contribution in [0.5, 0.6) is 5.75 Å². The summed E-state index contributed by atoms with van der Waals surface area (Å²) >= 11 is 0. The monoisotopic (exact) mass is 391 g/mol. The molecule has 0 aromatic heterocycles. The van der Waals surface area contributed by atoms with Crippen molar-refractivity contribution in [3.8, 4) is 5.75 Å². The summed E-state index contributed by atoms with van der Waals surface area (Å²) < 4.78 is 33.4. The van der Waals surface area contributed by atoms with E-state index in [0.29, 0.717) is 5.56 Å². The quantitative estimate of drug-likeness (QED) is 0.222. The maximum Gasteiger partial charge on any atom is 0.387 e. The second-order valence-electron chi connectivity index (χ2n) is 5.53. The van der Waals surface area contributed by atoms with Crippen molar-refractivity contribution in [2.75, 3.05) is 0 Å². The Kier molecular flexibility index (Phi) is 6.91. The van der Waals surface area contributed by atoms with E-state index in [1.807, 2.05) is 0 Å². The van der Waals surface area contributed by atoms with Crippen LogP contribution in [-0.2, 0) is 9.53 Å². The molecule has 2 rings (SSSR count). The summed E-state index contributed by atoms with van der Waals surface area (Å²) in [6.45, 7) is -1.59. The summed E-state index contributed by atoms with van der Waals surface area (Å²) in [5.74, 6) is -1.39. The molecular formula is C19H15F2NO6. The molecule has 0 fully saturated rings. The smallest absolute Gasteiger partial charge is 0.387 e. The predicted molar refractivity (Wildman–Crippen MR) is 95.1 cm³/mol. The van der Waals surface area contributed by atoms with E-state index in [1.165, 1.54) is 61.5 Å². The van der Waals surface area contributed by atoms with Gasteiger partial charge in [-0.3, -0.25) is 14.9 Å². The van der Waals surface area contributed by atoms with Crippen molar-refractivity contribution in [2.24, 2.45) is 0 Å². The third kappa shape index (κ3) is 5.97. The van der Waals surface area contributed by atoms with Crippen LogP contribution < -0.4 is 4.74 Å². The molecule has 0 aliphatic carbocycles. The minimum Gasteiger partial charge on any atom is -0.451 e. The number of halogens is 2. The molecule has 28 heavy (non-hydrogen) atoms. The molecule has 1 atom stereocenters. The number of carbonyl (C=O) groups is 2. The Morgan fingerprint density at radius 1 is 1.07 bits per heavy atom. The highest BCUT2D eigenvalue weighted by atomic mass is 19.3. The number of non-ortho nitro benzene ring substituents is 1. The Balaban J connectivity index is 1.93. The number of hydrogen-bond acceptors (Lipinski definition) is 6. The van der Waals surface area contributed by atoms with Gasteiger partial charge in [-0.25, -0.2) is 4.79 Å². The highest BCUT2D eigenvalue weighted by Gasteiger charge is 2.19. The molecule has 0 aliphatic rings. The van der Waals surface area contributed by atoms with Gasteiger partial charge in [0.05, 0.1) is 4.92 Å². The molecule has 2 aromatic rings. The molecule has 0 aliphatic heterocycles. The van der Waals surface area contributed by atoms with E-state index in [2.05, 4.69) is 4.74 Å². The van der Waals surface area contributed by atoms with Crippen LogP contribution in [0.1, 0.15) is 22.8 Å². The van der Waals surface area contributed by atoms with E-state index in [-0.39, 0.29) is 17.0 Å². The van der Waals surface area contributed by atoms with E-state index >= 15 is 0 Å². The average Bonchev–Trinajstić information content (AvgIpc) is 2.66. The van der Waals surface area contributed by atoms with Gasteiger partial charge in [-0.2, -0.15) is 8.78 Å². The second kappa shape index (κ2) is 9.36. The van der Waals surface area contributed by atoms with Gasteiger partial charge >= 0.3 is 12.6 Å². The van der Waals surface area contributed by atoms with Crippen molar-refractivity contribution in [2.45, 2.75) is 19.6 Å². The van der Waals surface area contributed by atoms with Crippen LogP contribution in [0.15, 0.2) is 54.6 Å². The Morgan fingerprint density at radius 2 is 1.68 bits per heavy atom. The zero-order valence-electron chi connectivity index (χ0n) is 14.6. The standard InChI is InChI=1S/C19H15F2NO6/c1-12(18(24)14-5-9-16(10-6-14)28-19(20)21)27-17(23)11-4-13-2-7-15(8-3-13)22(25)26/h2-12,19H,1H3/b11-4+/t12-/m0/s1. The zero-order chi connectivity index (χ0) is 20.7. The van der Waals surface area contributed by atoms with Crippen molar-refractivity contribution in [1.29, 1.82) is 0 Å². The van der Waals surface area contributed by atoms with E-state index in [1.54, 1.807) is 0 Å². The van der Waals surface area contributed by atoms with Crippen LogP contribution in [0, 0.1) is 10.1 Å². The number of benzene rings is 2. The van der Waals surface area contributed by atoms with Crippen molar-refractivity contribution in [1.82, 2.24) is 0 Å². The molecule has 0 saturated heterocycles. The van der Waals surface area contributed by atoms with Gasteiger partial charge in [0.15, 0.2) is 6.10 Å². The zero-order valence-corrected chi connectivity index (χ0v) is 14.6. The minimum atomic E-state index is -2.97. The highest BCUT2D eigenvalue weighted by molar-refractivity contribution is 6.01. The number of esters is 1. The first-order valence-corrected chi connectivity index (χ1v) is 7.98. The van der Waals surface area contributed by atoms with Gasteiger partial charge in [-0.05, 0) is 55.0 Å². The number of carbonyl (C=O) groups excluding carboxylic acids is 2. The molecule has 0 bridgehead atoms. The first-order chi connectivity index (χ1) is 13.3. The minimum absolute atomic E-state index is 0.0797. The molecule has 7 nitrogen and oxygen atoms in total. The predicted octanol–water partition coefficient (Wildman–Crippen LogP) is 4.02. The van der Waals surface area contributed by atoms with E-state index in [0.717, 1.165) is 6.08 Å².